The van der Waals surface area contributed by atoms with Crippen LogP contribution in [0.15, 0.2) is 78.9 Å². The number of rotatable bonds is 8. The van der Waals surface area contributed by atoms with Crippen LogP contribution in [0.4, 0.5) is 5.69 Å². The van der Waals surface area contributed by atoms with E-state index in [9.17, 15) is 4.79 Å². The molecule has 0 unspecified atom stereocenters. The number of ether oxygens (including phenoxy) is 1. The van der Waals surface area contributed by atoms with Crippen LogP contribution < -0.4 is 15.0 Å². The number of carbonyl (C=O) groups excluding carboxylic acids is 1. The normalized spacial score (nSPS) is 10.4. The van der Waals surface area contributed by atoms with Gasteiger partial charge in [-0.05, 0) is 36.4 Å². The van der Waals surface area contributed by atoms with Crippen molar-refractivity contribution in [2.45, 2.75) is 6.61 Å². The molecule has 3 rings (SSSR count). The molecule has 0 atom stereocenters. The van der Waals surface area contributed by atoms with E-state index in [1.54, 1.807) is 12.1 Å². The van der Waals surface area contributed by atoms with E-state index >= 15 is 0 Å². The van der Waals surface area contributed by atoms with Crippen molar-refractivity contribution in [3.05, 3.63) is 95.0 Å². The van der Waals surface area contributed by atoms with E-state index in [-0.39, 0.29) is 5.91 Å². The summed E-state index contributed by atoms with van der Waals surface area (Å²) >= 11 is 6.15. The topological polar surface area (TPSA) is 41.6 Å². The Balaban J connectivity index is 1.51. The molecular formula is C23H23ClN2O2. The Morgan fingerprint density at radius 1 is 1.00 bits per heavy atom. The average molecular weight is 395 g/mol. The molecule has 3 aromatic rings. The lowest BCUT2D eigenvalue weighted by atomic mass is 10.2. The second kappa shape index (κ2) is 9.81. The van der Waals surface area contributed by atoms with Crippen LogP contribution in [0.1, 0.15) is 15.9 Å². The van der Waals surface area contributed by atoms with Crippen molar-refractivity contribution in [1.29, 1.82) is 0 Å². The molecule has 0 spiro atoms. The van der Waals surface area contributed by atoms with E-state index in [2.05, 4.69) is 10.2 Å². The molecule has 1 amide bonds. The smallest absolute Gasteiger partial charge is 0.251 e. The van der Waals surface area contributed by atoms with Crippen molar-refractivity contribution in [2.24, 2.45) is 0 Å². The molecule has 3 aromatic carbocycles. The lowest BCUT2D eigenvalue weighted by molar-refractivity contribution is 0.0954. The van der Waals surface area contributed by atoms with Crippen LogP contribution in [0, 0.1) is 0 Å². The van der Waals surface area contributed by atoms with Crippen molar-refractivity contribution in [2.75, 3.05) is 25.0 Å². The van der Waals surface area contributed by atoms with Crippen LogP contribution in [0.2, 0.25) is 5.02 Å². The van der Waals surface area contributed by atoms with Crippen molar-refractivity contribution in [1.82, 2.24) is 5.32 Å². The number of para-hydroxylation sites is 1. The first kappa shape index (κ1) is 19.8. The van der Waals surface area contributed by atoms with Gasteiger partial charge in [0.25, 0.3) is 5.91 Å². The molecule has 0 fully saturated rings. The number of hydrogen-bond donors (Lipinski definition) is 1. The van der Waals surface area contributed by atoms with E-state index in [1.165, 1.54) is 0 Å². The number of halogens is 1. The summed E-state index contributed by atoms with van der Waals surface area (Å²) in [5.74, 6) is 0.513. The van der Waals surface area contributed by atoms with Gasteiger partial charge in [0.05, 0.1) is 0 Å². The van der Waals surface area contributed by atoms with Crippen LogP contribution >= 0.6 is 11.6 Å². The summed E-state index contributed by atoms with van der Waals surface area (Å²) in [7, 11) is 2.00. The summed E-state index contributed by atoms with van der Waals surface area (Å²) in [4.78, 5) is 14.5. The molecule has 0 saturated carbocycles. The molecule has 0 aliphatic rings. The number of benzene rings is 3. The molecule has 4 nitrogen and oxygen atoms in total. The van der Waals surface area contributed by atoms with Gasteiger partial charge in [0.1, 0.15) is 12.4 Å². The molecule has 28 heavy (non-hydrogen) atoms. The number of nitrogens with one attached hydrogen (secondary N) is 1. The van der Waals surface area contributed by atoms with Crippen LogP contribution in [-0.4, -0.2) is 26.0 Å². The van der Waals surface area contributed by atoms with Crippen LogP contribution in [0.25, 0.3) is 0 Å². The van der Waals surface area contributed by atoms with Gasteiger partial charge < -0.3 is 15.0 Å². The fourth-order valence-corrected chi connectivity index (χ4v) is 2.94. The molecule has 144 valence electrons. The zero-order valence-corrected chi connectivity index (χ0v) is 16.5. The summed E-state index contributed by atoms with van der Waals surface area (Å²) in [5, 5.41) is 3.62. The summed E-state index contributed by atoms with van der Waals surface area (Å²) in [6.45, 7) is 1.63. The van der Waals surface area contributed by atoms with E-state index in [1.807, 2.05) is 73.8 Å². The zero-order chi connectivity index (χ0) is 19.8. The van der Waals surface area contributed by atoms with Crippen LogP contribution in [-0.2, 0) is 6.61 Å². The molecule has 1 N–H and O–H groups in total. The predicted molar refractivity (Wildman–Crippen MR) is 114 cm³/mol. The third-order valence-electron chi connectivity index (χ3n) is 4.38. The Morgan fingerprint density at radius 2 is 1.75 bits per heavy atom. The monoisotopic (exact) mass is 394 g/mol. The van der Waals surface area contributed by atoms with Gasteiger partial charge in [-0.1, -0.05) is 54.1 Å². The Kier molecular flexibility index (Phi) is 6.93. The summed E-state index contributed by atoms with van der Waals surface area (Å²) < 4.78 is 5.79. The van der Waals surface area contributed by atoms with E-state index < -0.39 is 0 Å². The maximum absolute atomic E-state index is 12.4. The second-order valence-corrected chi connectivity index (χ2v) is 6.83. The third kappa shape index (κ3) is 5.51. The number of amides is 1. The summed E-state index contributed by atoms with van der Waals surface area (Å²) in [6, 6.07) is 24.8. The molecule has 0 saturated heterocycles. The van der Waals surface area contributed by atoms with Crippen molar-refractivity contribution in [3.8, 4) is 5.75 Å². The number of carbonyl (C=O) groups is 1. The minimum Gasteiger partial charge on any atom is -0.489 e. The molecular weight excluding hydrogens is 372 g/mol. The molecule has 0 aromatic heterocycles. The average Bonchev–Trinajstić information content (AvgIpc) is 2.74. The third-order valence-corrected chi connectivity index (χ3v) is 4.75. The highest BCUT2D eigenvalue weighted by molar-refractivity contribution is 6.31. The standard InChI is InChI=1S/C23H23ClN2O2/c1-26(20-10-3-2-4-11-20)15-14-25-23(27)18-9-7-12-21(16-18)28-17-19-8-5-6-13-22(19)24/h2-13,16H,14-15,17H2,1H3,(H,25,27). The first-order valence-corrected chi connectivity index (χ1v) is 9.52. The number of likely N-dealkylation sites (N-methyl/N-ethyl adjacent to an activating group) is 1. The Hall–Kier alpha value is -2.98. The highest BCUT2D eigenvalue weighted by Crippen LogP contribution is 2.19. The van der Waals surface area contributed by atoms with Crippen molar-refractivity contribution >= 4 is 23.2 Å². The quantitative estimate of drug-likeness (QED) is 0.597. The molecule has 0 aliphatic heterocycles. The predicted octanol–water partition coefficient (Wildman–Crippen LogP) is 4.79. The Morgan fingerprint density at radius 3 is 2.54 bits per heavy atom. The Labute approximate surface area is 170 Å². The molecule has 5 heteroatoms. The van der Waals surface area contributed by atoms with Gasteiger partial charge in [0, 0.05) is 42.0 Å². The maximum Gasteiger partial charge on any atom is 0.251 e. The molecule has 0 bridgehead atoms. The molecule has 0 heterocycles. The second-order valence-electron chi connectivity index (χ2n) is 6.42. The number of nitrogens with zero attached hydrogens (tertiary/aromatic N) is 1. The number of hydrogen-bond acceptors (Lipinski definition) is 3. The van der Waals surface area contributed by atoms with Gasteiger partial charge >= 0.3 is 0 Å². The van der Waals surface area contributed by atoms with E-state index in [0.717, 1.165) is 17.8 Å². The lowest BCUT2D eigenvalue weighted by Crippen LogP contribution is -2.32. The Bertz CT molecular complexity index is 915. The molecule has 0 radical (unpaired) electrons. The van der Waals surface area contributed by atoms with Crippen LogP contribution in [0.5, 0.6) is 5.75 Å². The SMILES string of the molecule is CN(CCNC(=O)c1cccc(OCc2ccccc2Cl)c1)c1ccccc1. The van der Waals surface area contributed by atoms with Gasteiger partial charge in [-0.15, -0.1) is 0 Å². The highest BCUT2D eigenvalue weighted by atomic mass is 35.5. The van der Waals surface area contributed by atoms with Crippen molar-refractivity contribution in [3.63, 3.8) is 0 Å². The fraction of sp³-hybridized carbons (Fsp3) is 0.174. The first-order chi connectivity index (χ1) is 13.6. The van der Waals surface area contributed by atoms with Gasteiger partial charge in [0.15, 0.2) is 0 Å². The van der Waals surface area contributed by atoms with E-state index in [0.29, 0.717) is 29.5 Å². The first-order valence-electron chi connectivity index (χ1n) is 9.14. The summed E-state index contributed by atoms with van der Waals surface area (Å²) in [6.07, 6.45) is 0. The zero-order valence-electron chi connectivity index (χ0n) is 15.8. The van der Waals surface area contributed by atoms with Gasteiger partial charge in [-0.3, -0.25) is 4.79 Å². The number of anilines is 1. The lowest BCUT2D eigenvalue weighted by Gasteiger charge is -2.19. The maximum atomic E-state index is 12.4. The molecule has 0 aliphatic carbocycles. The minimum atomic E-state index is -0.121. The van der Waals surface area contributed by atoms with E-state index in [4.69, 9.17) is 16.3 Å². The van der Waals surface area contributed by atoms with Crippen molar-refractivity contribution < 1.29 is 9.53 Å². The fourth-order valence-electron chi connectivity index (χ4n) is 2.75. The van der Waals surface area contributed by atoms with Gasteiger partial charge in [-0.2, -0.15) is 0 Å². The minimum absolute atomic E-state index is 0.121. The van der Waals surface area contributed by atoms with Gasteiger partial charge in [-0.25, -0.2) is 0 Å². The largest absolute Gasteiger partial charge is 0.489 e. The summed E-state index contributed by atoms with van der Waals surface area (Å²) in [5.41, 5.74) is 2.59. The van der Waals surface area contributed by atoms with Gasteiger partial charge in [0.2, 0.25) is 0 Å². The van der Waals surface area contributed by atoms with Crippen LogP contribution in [0.3, 0.4) is 0 Å². The highest BCUT2D eigenvalue weighted by Gasteiger charge is 2.08.